The van der Waals surface area contributed by atoms with Gasteiger partial charge in [-0.25, -0.2) is 0 Å². The van der Waals surface area contributed by atoms with Crippen LogP contribution >= 0.6 is 11.8 Å². The van der Waals surface area contributed by atoms with Crippen molar-refractivity contribution >= 4 is 28.4 Å². The van der Waals surface area contributed by atoms with Gasteiger partial charge in [-0.05, 0) is 30.9 Å². The third kappa shape index (κ3) is 4.14. The number of carbonyl (C=O) groups excluding carboxylic acids is 1. The highest BCUT2D eigenvalue weighted by atomic mass is 32.2. The third-order valence-corrected chi connectivity index (χ3v) is 4.42. The molecule has 2 rings (SSSR count). The quantitative estimate of drug-likeness (QED) is 0.795. The average molecular weight is 303 g/mol. The van der Waals surface area contributed by atoms with Crippen molar-refractivity contribution in [3.05, 3.63) is 36.4 Å². The van der Waals surface area contributed by atoms with E-state index in [1.54, 1.807) is 6.07 Å². The summed E-state index contributed by atoms with van der Waals surface area (Å²) in [5.41, 5.74) is 0. The van der Waals surface area contributed by atoms with Gasteiger partial charge in [-0.2, -0.15) is 0 Å². The molecule has 0 radical (unpaired) electrons. The van der Waals surface area contributed by atoms with Crippen molar-refractivity contribution in [2.45, 2.75) is 37.6 Å². The molecule has 0 heterocycles. The Labute approximate surface area is 129 Å². The number of phenolic OH excluding ortho intramolecular Hbond substituents is 1. The molecule has 0 aromatic heterocycles. The largest absolute Gasteiger partial charge is 0.507 e. The van der Waals surface area contributed by atoms with Crippen molar-refractivity contribution in [3.8, 4) is 5.75 Å². The van der Waals surface area contributed by atoms with Gasteiger partial charge in [0, 0.05) is 16.3 Å². The summed E-state index contributed by atoms with van der Waals surface area (Å²) in [5.74, 6) is 0.720. The Morgan fingerprint density at radius 3 is 2.67 bits per heavy atom. The monoisotopic (exact) mass is 303 g/mol. The van der Waals surface area contributed by atoms with Crippen LogP contribution in [0.15, 0.2) is 41.3 Å². The number of thioether (sulfide) groups is 1. The van der Waals surface area contributed by atoms with Gasteiger partial charge >= 0.3 is 0 Å². The number of fused-ring (bicyclic) bond motifs is 1. The second-order valence-corrected chi connectivity index (χ2v) is 6.19. The van der Waals surface area contributed by atoms with Crippen LogP contribution in [0.2, 0.25) is 0 Å². The van der Waals surface area contributed by atoms with E-state index in [0.717, 1.165) is 28.5 Å². The summed E-state index contributed by atoms with van der Waals surface area (Å²) in [6, 6.07) is 11.5. The van der Waals surface area contributed by atoms with Crippen LogP contribution in [0.3, 0.4) is 0 Å². The SMILES string of the molecule is CCCC(C)NC(=O)CSc1ccc(O)c2ccccc12. The van der Waals surface area contributed by atoms with Gasteiger partial charge in [0.25, 0.3) is 0 Å². The molecule has 0 spiro atoms. The van der Waals surface area contributed by atoms with E-state index in [0.29, 0.717) is 5.75 Å². The van der Waals surface area contributed by atoms with Crippen LogP contribution in [0, 0.1) is 0 Å². The van der Waals surface area contributed by atoms with Crippen molar-refractivity contribution in [3.63, 3.8) is 0 Å². The number of benzene rings is 2. The van der Waals surface area contributed by atoms with E-state index < -0.39 is 0 Å². The lowest BCUT2D eigenvalue weighted by molar-refractivity contribution is -0.119. The third-order valence-electron chi connectivity index (χ3n) is 3.35. The van der Waals surface area contributed by atoms with Gasteiger partial charge in [0.15, 0.2) is 0 Å². The van der Waals surface area contributed by atoms with Crippen molar-refractivity contribution in [2.75, 3.05) is 5.75 Å². The minimum atomic E-state index is 0.0538. The number of hydrogen-bond acceptors (Lipinski definition) is 3. The summed E-state index contributed by atoms with van der Waals surface area (Å²) in [6.07, 6.45) is 2.07. The highest BCUT2D eigenvalue weighted by Crippen LogP contribution is 2.33. The molecule has 0 fully saturated rings. The fourth-order valence-corrected chi connectivity index (χ4v) is 3.21. The van der Waals surface area contributed by atoms with Crippen LogP contribution in [0.4, 0.5) is 0 Å². The maximum atomic E-state index is 11.9. The minimum absolute atomic E-state index is 0.0538. The molecule has 0 bridgehead atoms. The van der Waals surface area contributed by atoms with Crippen LogP contribution in [0.25, 0.3) is 10.8 Å². The molecule has 0 aliphatic rings. The normalized spacial score (nSPS) is 12.3. The van der Waals surface area contributed by atoms with Gasteiger partial charge in [-0.1, -0.05) is 37.6 Å². The molecule has 112 valence electrons. The number of nitrogens with one attached hydrogen (secondary N) is 1. The Hall–Kier alpha value is -1.68. The Morgan fingerprint density at radius 1 is 1.24 bits per heavy atom. The van der Waals surface area contributed by atoms with Gasteiger partial charge in [-0.3, -0.25) is 4.79 Å². The number of hydrogen-bond donors (Lipinski definition) is 2. The lowest BCUT2D eigenvalue weighted by Crippen LogP contribution is -2.33. The Bertz CT molecular complexity index is 627. The summed E-state index contributed by atoms with van der Waals surface area (Å²) in [7, 11) is 0. The predicted molar refractivity (Wildman–Crippen MR) is 88.8 cm³/mol. The van der Waals surface area contributed by atoms with Gasteiger partial charge in [0.2, 0.25) is 5.91 Å². The van der Waals surface area contributed by atoms with Crippen LogP contribution in [-0.4, -0.2) is 22.8 Å². The zero-order valence-electron chi connectivity index (χ0n) is 12.4. The molecule has 0 aliphatic heterocycles. The summed E-state index contributed by atoms with van der Waals surface area (Å²) >= 11 is 1.50. The van der Waals surface area contributed by atoms with E-state index in [1.807, 2.05) is 37.3 Å². The lowest BCUT2D eigenvalue weighted by atomic mass is 10.1. The molecule has 1 amide bonds. The zero-order chi connectivity index (χ0) is 15.2. The van der Waals surface area contributed by atoms with Crippen molar-refractivity contribution in [1.82, 2.24) is 5.32 Å². The molecule has 1 unspecified atom stereocenters. The molecule has 4 heteroatoms. The zero-order valence-corrected chi connectivity index (χ0v) is 13.2. The van der Waals surface area contributed by atoms with E-state index in [-0.39, 0.29) is 17.7 Å². The van der Waals surface area contributed by atoms with Gasteiger partial charge < -0.3 is 10.4 Å². The smallest absolute Gasteiger partial charge is 0.230 e. The van der Waals surface area contributed by atoms with Gasteiger partial charge in [0.1, 0.15) is 5.75 Å². The van der Waals surface area contributed by atoms with Crippen LogP contribution in [0.1, 0.15) is 26.7 Å². The molecular weight excluding hydrogens is 282 g/mol. The van der Waals surface area contributed by atoms with Gasteiger partial charge in [-0.15, -0.1) is 11.8 Å². The number of rotatable bonds is 6. The van der Waals surface area contributed by atoms with E-state index in [9.17, 15) is 9.90 Å². The van der Waals surface area contributed by atoms with Gasteiger partial charge in [0.05, 0.1) is 5.75 Å². The predicted octanol–water partition coefficient (Wildman–Crippen LogP) is 3.94. The molecule has 0 aliphatic carbocycles. The van der Waals surface area contributed by atoms with Crippen molar-refractivity contribution in [1.29, 1.82) is 0 Å². The van der Waals surface area contributed by atoms with E-state index in [1.165, 1.54) is 11.8 Å². The fraction of sp³-hybridized carbons (Fsp3) is 0.353. The first-order valence-electron chi connectivity index (χ1n) is 7.24. The number of amides is 1. The number of aromatic hydroxyl groups is 1. The Kier molecular flexibility index (Phi) is 5.51. The molecule has 21 heavy (non-hydrogen) atoms. The first kappa shape index (κ1) is 15.7. The molecule has 2 N–H and O–H groups in total. The number of phenols is 1. The van der Waals surface area contributed by atoms with Crippen molar-refractivity contribution < 1.29 is 9.90 Å². The minimum Gasteiger partial charge on any atom is -0.507 e. The maximum absolute atomic E-state index is 11.9. The molecule has 2 aromatic carbocycles. The standard InChI is InChI=1S/C17H21NO2S/c1-3-6-12(2)18-17(20)11-21-16-10-9-15(19)13-7-4-5-8-14(13)16/h4-5,7-10,12,19H,3,6,11H2,1-2H3,(H,18,20). The van der Waals surface area contributed by atoms with E-state index in [2.05, 4.69) is 12.2 Å². The molecular formula is C17H21NO2S. The van der Waals surface area contributed by atoms with Crippen LogP contribution in [0.5, 0.6) is 5.75 Å². The molecule has 3 nitrogen and oxygen atoms in total. The first-order chi connectivity index (χ1) is 10.1. The molecule has 0 saturated heterocycles. The average Bonchev–Trinajstić information content (AvgIpc) is 2.47. The summed E-state index contributed by atoms with van der Waals surface area (Å²) < 4.78 is 0. The summed E-state index contributed by atoms with van der Waals surface area (Å²) in [6.45, 7) is 4.14. The molecule has 1 atom stereocenters. The Morgan fingerprint density at radius 2 is 1.95 bits per heavy atom. The highest BCUT2D eigenvalue weighted by molar-refractivity contribution is 8.00. The second kappa shape index (κ2) is 7.36. The van der Waals surface area contributed by atoms with E-state index >= 15 is 0 Å². The first-order valence-corrected chi connectivity index (χ1v) is 8.23. The summed E-state index contributed by atoms with van der Waals surface area (Å²) in [5, 5.41) is 14.7. The summed E-state index contributed by atoms with van der Waals surface area (Å²) in [4.78, 5) is 12.9. The number of carbonyl (C=O) groups is 1. The topological polar surface area (TPSA) is 49.3 Å². The molecule has 0 saturated carbocycles. The van der Waals surface area contributed by atoms with Crippen LogP contribution in [-0.2, 0) is 4.79 Å². The molecule has 2 aromatic rings. The van der Waals surface area contributed by atoms with E-state index in [4.69, 9.17) is 0 Å². The fourth-order valence-electron chi connectivity index (χ4n) is 2.35. The maximum Gasteiger partial charge on any atom is 0.230 e. The van der Waals surface area contributed by atoms with Crippen molar-refractivity contribution in [2.24, 2.45) is 0 Å². The van der Waals surface area contributed by atoms with Crippen LogP contribution < -0.4 is 5.32 Å². The lowest BCUT2D eigenvalue weighted by Gasteiger charge is -2.13. The highest BCUT2D eigenvalue weighted by Gasteiger charge is 2.10. The second-order valence-electron chi connectivity index (χ2n) is 5.17. The Balaban J connectivity index is 2.04.